The lowest BCUT2D eigenvalue weighted by atomic mass is 10.00. The van der Waals surface area contributed by atoms with Crippen LogP contribution in [-0.4, -0.2) is 17.6 Å². The molecule has 1 aromatic heterocycles. The van der Waals surface area contributed by atoms with Crippen molar-refractivity contribution in [3.8, 4) is 28.1 Å². The second-order valence-electron chi connectivity index (χ2n) is 7.21. The largest absolute Gasteiger partial charge is 0.497 e. The molecule has 0 spiro atoms. The molecule has 156 valence electrons. The van der Waals surface area contributed by atoms with Crippen molar-refractivity contribution in [2.24, 2.45) is 0 Å². The number of carbonyl (C=O) groups excluding carboxylic acids is 1. The Morgan fingerprint density at radius 1 is 0.839 bits per heavy atom. The monoisotopic (exact) mass is 411 g/mol. The lowest BCUT2D eigenvalue weighted by Gasteiger charge is -2.12. The minimum atomic E-state index is -0.333. The number of rotatable bonds is 7. The highest BCUT2D eigenvalue weighted by molar-refractivity contribution is 6.04. The summed E-state index contributed by atoms with van der Waals surface area (Å²) in [6, 6.07) is 27.4. The second-order valence-corrected chi connectivity index (χ2v) is 7.21. The zero-order valence-corrected chi connectivity index (χ0v) is 17.7. The lowest BCUT2D eigenvalue weighted by Crippen LogP contribution is -2.08. The van der Waals surface area contributed by atoms with Crippen molar-refractivity contribution in [2.45, 2.75) is 20.1 Å². The third-order valence-electron chi connectivity index (χ3n) is 5.28. The molecule has 0 atom stereocenters. The Balaban J connectivity index is 1.80. The van der Waals surface area contributed by atoms with E-state index in [0.29, 0.717) is 5.56 Å². The van der Waals surface area contributed by atoms with Crippen LogP contribution in [0.1, 0.15) is 22.8 Å². The Morgan fingerprint density at radius 2 is 1.48 bits per heavy atom. The van der Waals surface area contributed by atoms with Gasteiger partial charge in [-0.2, -0.15) is 0 Å². The van der Waals surface area contributed by atoms with Crippen molar-refractivity contribution in [3.05, 3.63) is 102 Å². The smallest absolute Gasteiger partial charge is 0.341 e. The molecule has 0 saturated carbocycles. The summed E-state index contributed by atoms with van der Waals surface area (Å²) in [6.07, 6.45) is 2.04. The summed E-state index contributed by atoms with van der Waals surface area (Å²) in [5, 5.41) is 0. The van der Waals surface area contributed by atoms with Crippen LogP contribution in [0.4, 0.5) is 0 Å². The number of carbonyl (C=O) groups is 1. The maximum Gasteiger partial charge on any atom is 0.341 e. The average molecular weight is 412 g/mol. The van der Waals surface area contributed by atoms with E-state index in [9.17, 15) is 4.79 Å². The highest BCUT2D eigenvalue weighted by Gasteiger charge is 2.25. The van der Waals surface area contributed by atoms with E-state index in [2.05, 4.69) is 11.5 Å². The molecule has 0 bridgehead atoms. The van der Waals surface area contributed by atoms with Crippen molar-refractivity contribution in [2.75, 3.05) is 7.11 Å². The minimum Gasteiger partial charge on any atom is -0.497 e. The molecule has 1 heterocycles. The van der Waals surface area contributed by atoms with Crippen molar-refractivity contribution >= 4 is 5.97 Å². The van der Waals surface area contributed by atoms with Gasteiger partial charge in [-0.1, -0.05) is 60.7 Å². The van der Waals surface area contributed by atoms with E-state index < -0.39 is 0 Å². The summed E-state index contributed by atoms with van der Waals surface area (Å²) >= 11 is 0. The molecule has 0 radical (unpaired) electrons. The summed E-state index contributed by atoms with van der Waals surface area (Å²) in [5.41, 5.74) is 5.17. The lowest BCUT2D eigenvalue weighted by molar-refractivity contribution is 0.0474. The number of hydrogen-bond acceptors (Lipinski definition) is 3. The van der Waals surface area contributed by atoms with Crippen LogP contribution >= 0.6 is 0 Å². The van der Waals surface area contributed by atoms with Gasteiger partial charge in [0.25, 0.3) is 0 Å². The Labute approximate surface area is 182 Å². The van der Waals surface area contributed by atoms with Crippen LogP contribution in [0.15, 0.2) is 91.1 Å². The van der Waals surface area contributed by atoms with Gasteiger partial charge in [0.2, 0.25) is 0 Å². The predicted molar refractivity (Wildman–Crippen MR) is 123 cm³/mol. The number of methoxy groups -OCH3 is 1. The molecule has 0 fully saturated rings. The number of nitrogens with zero attached hydrogens (tertiary/aromatic N) is 1. The highest BCUT2D eigenvalue weighted by Crippen LogP contribution is 2.36. The summed E-state index contributed by atoms with van der Waals surface area (Å²) in [4.78, 5) is 13.4. The molecule has 4 nitrogen and oxygen atoms in total. The second kappa shape index (κ2) is 9.35. The van der Waals surface area contributed by atoms with Crippen LogP contribution in [0.5, 0.6) is 5.75 Å². The summed E-state index contributed by atoms with van der Waals surface area (Å²) in [7, 11) is 1.64. The zero-order valence-electron chi connectivity index (χ0n) is 17.7. The van der Waals surface area contributed by atoms with Crippen LogP contribution in [-0.2, 0) is 17.9 Å². The van der Waals surface area contributed by atoms with Crippen molar-refractivity contribution in [3.63, 3.8) is 0 Å². The van der Waals surface area contributed by atoms with Crippen LogP contribution in [0, 0.1) is 0 Å². The fourth-order valence-electron chi connectivity index (χ4n) is 3.70. The van der Waals surface area contributed by atoms with Crippen molar-refractivity contribution in [1.29, 1.82) is 0 Å². The van der Waals surface area contributed by atoms with E-state index in [-0.39, 0.29) is 12.6 Å². The SMILES string of the molecule is CCn1cc(-c2ccccc2)c(C(=O)OCc2ccccc2)c1-c1ccc(OC)cc1. The molecule has 0 aliphatic rings. The summed E-state index contributed by atoms with van der Waals surface area (Å²) < 4.78 is 13.2. The molecule has 0 aliphatic carbocycles. The highest BCUT2D eigenvalue weighted by atomic mass is 16.5. The van der Waals surface area contributed by atoms with Crippen molar-refractivity contribution < 1.29 is 14.3 Å². The average Bonchev–Trinajstić information content (AvgIpc) is 3.23. The maximum atomic E-state index is 13.4. The first kappa shape index (κ1) is 20.5. The quantitative estimate of drug-likeness (QED) is 0.340. The van der Waals surface area contributed by atoms with Gasteiger partial charge in [-0.05, 0) is 47.9 Å². The van der Waals surface area contributed by atoms with Gasteiger partial charge in [0.15, 0.2) is 0 Å². The van der Waals surface area contributed by atoms with Gasteiger partial charge in [0, 0.05) is 18.3 Å². The fourth-order valence-corrected chi connectivity index (χ4v) is 3.70. The van der Waals surface area contributed by atoms with E-state index in [1.807, 2.05) is 91.1 Å². The number of aryl methyl sites for hydroxylation is 1. The van der Waals surface area contributed by atoms with Crippen LogP contribution in [0.25, 0.3) is 22.4 Å². The van der Waals surface area contributed by atoms with Gasteiger partial charge in [0.05, 0.1) is 18.4 Å². The number of ether oxygens (including phenoxy) is 2. The van der Waals surface area contributed by atoms with Gasteiger partial charge in [-0.15, -0.1) is 0 Å². The normalized spacial score (nSPS) is 10.6. The third-order valence-corrected chi connectivity index (χ3v) is 5.28. The Morgan fingerprint density at radius 3 is 2.10 bits per heavy atom. The Kier molecular flexibility index (Phi) is 6.18. The number of hydrogen-bond donors (Lipinski definition) is 0. The molecule has 3 aromatic carbocycles. The van der Waals surface area contributed by atoms with Crippen LogP contribution in [0.2, 0.25) is 0 Å². The minimum absolute atomic E-state index is 0.229. The Bertz CT molecular complexity index is 1150. The van der Waals surface area contributed by atoms with E-state index in [4.69, 9.17) is 9.47 Å². The van der Waals surface area contributed by atoms with Gasteiger partial charge in [0.1, 0.15) is 12.4 Å². The van der Waals surface area contributed by atoms with Gasteiger partial charge >= 0.3 is 5.97 Å². The zero-order chi connectivity index (χ0) is 21.6. The molecule has 0 N–H and O–H groups in total. The molecule has 0 amide bonds. The first-order valence-electron chi connectivity index (χ1n) is 10.3. The predicted octanol–water partition coefficient (Wildman–Crippen LogP) is 6.21. The first-order valence-corrected chi connectivity index (χ1v) is 10.3. The Hall–Kier alpha value is -3.79. The van der Waals surface area contributed by atoms with Gasteiger partial charge in [-0.25, -0.2) is 4.79 Å². The maximum absolute atomic E-state index is 13.4. The van der Waals surface area contributed by atoms with Crippen molar-refractivity contribution in [1.82, 2.24) is 4.57 Å². The molecule has 4 heteroatoms. The molecule has 0 unspecified atom stereocenters. The summed E-state index contributed by atoms with van der Waals surface area (Å²) in [6.45, 7) is 3.03. The molecule has 4 aromatic rings. The molecule has 4 rings (SSSR count). The standard InChI is InChI=1S/C27H25NO3/c1-3-28-18-24(21-12-8-5-9-13-21)25(26(28)22-14-16-23(30-2)17-15-22)27(29)31-19-20-10-6-4-7-11-20/h4-18H,3,19H2,1-2H3. The fraction of sp³-hybridized carbons (Fsp3) is 0.148. The first-order chi connectivity index (χ1) is 15.2. The number of aromatic nitrogens is 1. The molecular weight excluding hydrogens is 386 g/mol. The number of esters is 1. The van der Waals surface area contributed by atoms with E-state index in [1.165, 1.54) is 0 Å². The topological polar surface area (TPSA) is 40.5 Å². The molecular formula is C27H25NO3. The van der Waals surface area contributed by atoms with Gasteiger partial charge < -0.3 is 14.0 Å². The van der Waals surface area contributed by atoms with E-state index >= 15 is 0 Å². The van der Waals surface area contributed by atoms with Crippen LogP contribution < -0.4 is 4.74 Å². The third kappa shape index (κ3) is 4.38. The molecule has 31 heavy (non-hydrogen) atoms. The summed E-state index contributed by atoms with van der Waals surface area (Å²) in [5.74, 6) is 0.440. The van der Waals surface area contributed by atoms with E-state index in [0.717, 1.165) is 40.2 Å². The van der Waals surface area contributed by atoms with Crippen LogP contribution in [0.3, 0.4) is 0 Å². The van der Waals surface area contributed by atoms with E-state index in [1.54, 1.807) is 7.11 Å². The molecule has 0 aliphatic heterocycles. The van der Waals surface area contributed by atoms with Gasteiger partial charge in [-0.3, -0.25) is 0 Å². The molecule has 0 saturated heterocycles. The number of benzene rings is 3.